The normalized spacial score (nSPS) is 26.4. The van der Waals surface area contributed by atoms with E-state index in [1.165, 1.54) is 0 Å². The fourth-order valence-electron chi connectivity index (χ4n) is 1.75. The van der Waals surface area contributed by atoms with Gasteiger partial charge in [0.05, 0.1) is 6.20 Å². The van der Waals surface area contributed by atoms with Crippen molar-refractivity contribution in [1.29, 1.82) is 0 Å². The van der Waals surface area contributed by atoms with Gasteiger partial charge in [-0.1, -0.05) is 0 Å². The summed E-state index contributed by atoms with van der Waals surface area (Å²) in [5.41, 5.74) is 6.95. The van der Waals surface area contributed by atoms with E-state index in [-0.39, 0.29) is 12.1 Å². The summed E-state index contributed by atoms with van der Waals surface area (Å²) in [6.07, 6.45) is 5.04. The van der Waals surface area contributed by atoms with Gasteiger partial charge in [0.2, 0.25) is 5.88 Å². The summed E-state index contributed by atoms with van der Waals surface area (Å²) in [5.74, 6) is 0.590. The number of nitrogens with two attached hydrogens (primary N) is 1. The first kappa shape index (κ1) is 9.40. The first-order valence-electron chi connectivity index (χ1n) is 4.97. The molecule has 14 heavy (non-hydrogen) atoms. The zero-order valence-corrected chi connectivity index (χ0v) is 8.31. The molecule has 4 nitrogen and oxygen atoms in total. The van der Waals surface area contributed by atoms with E-state index in [2.05, 4.69) is 10.2 Å². The second-order valence-electron chi connectivity index (χ2n) is 3.82. The molecule has 0 saturated heterocycles. The molecule has 0 radical (unpaired) electrons. The minimum atomic E-state index is 0.117. The molecule has 1 saturated carbocycles. The second-order valence-corrected chi connectivity index (χ2v) is 3.82. The summed E-state index contributed by atoms with van der Waals surface area (Å²) in [7, 11) is 0. The first-order chi connectivity index (χ1) is 6.75. The number of nitrogens with zero attached hydrogens (tertiary/aromatic N) is 2. The van der Waals surface area contributed by atoms with Crippen LogP contribution >= 0.6 is 0 Å². The molecule has 1 aliphatic carbocycles. The van der Waals surface area contributed by atoms with Crippen LogP contribution in [-0.4, -0.2) is 22.3 Å². The molecule has 4 heteroatoms. The molecule has 1 fully saturated rings. The molecule has 0 bridgehead atoms. The molecule has 1 heterocycles. The zero-order valence-electron chi connectivity index (χ0n) is 8.31. The zero-order chi connectivity index (χ0) is 9.97. The maximum absolute atomic E-state index is 5.89. The van der Waals surface area contributed by atoms with E-state index in [0.717, 1.165) is 24.8 Å². The SMILES string of the molecule is Cc1cnnc(OC2CCCC2N)c1. The molecule has 1 aliphatic rings. The number of aromatic nitrogens is 2. The highest BCUT2D eigenvalue weighted by Gasteiger charge is 2.25. The van der Waals surface area contributed by atoms with E-state index < -0.39 is 0 Å². The van der Waals surface area contributed by atoms with Gasteiger partial charge in [-0.2, -0.15) is 5.10 Å². The van der Waals surface area contributed by atoms with Crippen LogP contribution < -0.4 is 10.5 Å². The molecular weight excluding hydrogens is 178 g/mol. The highest BCUT2D eigenvalue weighted by molar-refractivity contribution is 5.15. The largest absolute Gasteiger partial charge is 0.472 e. The Bertz CT molecular complexity index is 316. The lowest BCUT2D eigenvalue weighted by Crippen LogP contribution is -2.33. The van der Waals surface area contributed by atoms with Gasteiger partial charge < -0.3 is 10.5 Å². The monoisotopic (exact) mass is 193 g/mol. The predicted octanol–water partition coefficient (Wildman–Crippen LogP) is 1.04. The van der Waals surface area contributed by atoms with E-state index in [1.807, 2.05) is 13.0 Å². The van der Waals surface area contributed by atoms with Crippen molar-refractivity contribution in [1.82, 2.24) is 10.2 Å². The van der Waals surface area contributed by atoms with Gasteiger partial charge in [-0.05, 0) is 31.7 Å². The Morgan fingerprint density at radius 3 is 3.00 bits per heavy atom. The summed E-state index contributed by atoms with van der Waals surface area (Å²) in [6, 6.07) is 2.04. The topological polar surface area (TPSA) is 61.0 Å². The van der Waals surface area contributed by atoms with Gasteiger partial charge in [-0.25, -0.2) is 0 Å². The van der Waals surface area contributed by atoms with Crippen molar-refractivity contribution in [2.45, 2.75) is 38.3 Å². The van der Waals surface area contributed by atoms with Gasteiger partial charge in [0.1, 0.15) is 6.10 Å². The fraction of sp³-hybridized carbons (Fsp3) is 0.600. The summed E-state index contributed by atoms with van der Waals surface area (Å²) in [4.78, 5) is 0. The van der Waals surface area contributed by atoms with Crippen molar-refractivity contribution < 1.29 is 4.74 Å². The third-order valence-electron chi connectivity index (χ3n) is 2.54. The van der Waals surface area contributed by atoms with E-state index in [1.54, 1.807) is 6.20 Å². The third kappa shape index (κ3) is 2.01. The Balaban J connectivity index is 2.03. The number of aryl methyl sites for hydroxylation is 1. The second kappa shape index (κ2) is 3.92. The molecule has 76 valence electrons. The highest BCUT2D eigenvalue weighted by atomic mass is 16.5. The van der Waals surface area contributed by atoms with Crippen LogP contribution in [0.3, 0.4) is 0 Å². The quantitative estimate of drug-likeness (QED) is 0.762. The number of hydrogen-bond acceptors (Lipinski definition) is 4. The van der Waals surface area contributed by atoms with Crippen LogP contribution in [0.1, 0.15) is 24.8 Å². The predicted molar refractivity (Wildman–Crippen MR) is 53.0 cm³/mol. The Morgan fingerprint density at radius 1 is 1.50 bits per heavy atom. The van der Waals surface area contributed by atoms with Gasteiger partial charge in [-0.3, -0.25) is 0 Å². The standard InChI is InChI=1S/C10H15N3O/c1-7-5-10(13-12-6-7)14-9-4-2-3-8(9)11/h5-6,8-9H,2-4,11H2,1H3. The molecule has 2 unspecified atom stereocenters. The van der Waals surface area contributed by atoms with Crippen LogP contribution in [0.4, 0.5) is 0 Å². The molecule has 2 atom stereocenters. The van der Waals surface area contributed by atoms with Gasteiger partial charge in [0.25, 0.3) is 0 Å². The van der Waals surface area contributed by atoms with Crippen molar-refractivity contribution in [2.24, 2.45) is 5.73 Å². The Labute approximate surface area is 83.5 Å². The van der Waals surface area contributed by atoms with Crippen molar-refractivity contribution >= 4 is 0 Å². The van der Waals surface area contributed by atoms with Crippen molar-refractivity contribution in [3.05, 3.63) is 17.8 Å². The minimum Gasteiger partial charge on any atom is -0.472 e. The van der Waals surface area contributed by atoms with Gasteiger partial charge in [0.15, 0.2) is 0 Å². The van der Waals surface area contributed by atoms with Crippen molar-refractivity contribution in [3.8, 4) is 5.88 Å². The lowest BCUT2D eigenvalue weighted by Gasteiger charge is -2.16. The highest BCUT2D eigenvalue weighted by Crippen LogP contribution is 2.22. The summed E-state index contributed by atoms with van der Waals surface area (Å²) in [5, 5.41) is 7.75. The fourth-order valence-corrected chi connectivity index (χ4v) is 1.75. The van der Waals surface area contributed by atoms with Gasteiger partial charge in [0, 0.05) is 12.1 Å². The van der Waals surface area contributed by atoms with E-state index in [0.29, 0.717) is 5.88 Å². The molecule has 2 rings (SSSR count). The van der Waals surface area contributed by atoms with Crippen LogP contribution in [0, 0.1) is 6.92 Å². The molecule has 0 aliphatic heterocycles. The van der Waals surface area contributed by atoms with Gasteiger partial charge in [-0.15, -0.1) is 5.10 Å². The lowest BCUT2D eigenvalue weighted by atomic mass is 10.2. The number of ether oxygens (including phenoxy) is 1. The van der Waals surface area contributed by atoms with E-state index in [4.69, 9.17) is 10.5 Å². The molecule has 1 aromatic rings. The average Bonchev–Trinajstić information content (AvgIpc) is 2.52. The average molecular weight is 193 g/mol. The molecule has 0 amide bonds. The van der Waals surface area contributed by atoms with Crippen molar-refractivity contribution in [2.75, 3.05) is 0 Å². The van der Waals surface area contributed by atoms with Crippen LogP contribution in [-0.2, 0) is 0 Å². The maximum atomic E-state index is 5.89. The Kier molecular flexibility index (Phi) is 2.63. The lowest BCUT2D eigenvalue weighted by molar-refractivity contribution is 0.181. The van der Waals surface area contributed by atoms with Crippen LogP contribution in [0.15, 0.2) is 12.3 Å². The van der Waals surface area contributed by atoms with Crippen molar-refractivity contribution in [3.63, 3.8) is 0 Å². The molecular formula is C10H15N3O. The summed E-state index contributed by atoms with van der Waals surface area (Å²) >= 11 is 0. The molecule has 2 N–H and O–H groups in total. The summed E-state index contributed by atoms with van der Waals surface area (Å²) in [6.45, 7) is 1.97. The molecule has 1 aromatic heterocycles. The Morgan fingerprint density at radius 2 is 2.36 bits per heavy atom. The third-order valence-corrected chi connectivity index (χ3v) is 2.54. The number of hydrogen-bond donors (Lipinski definition) is 1. The molecule has 0 aromatic carbocycles. The maximum Gasteiger partial charge on any atom is 0.233 e. The van der Waals surface area contributed by atoms with Crippen LogP contribution in [0.5, 0.6) is 5.88 Å². The van der Waals surface area contributed by atoms with Crippen LogP contribution in [0.2, 0.25) is 0 Å². The van der Waals surface area contributed by atoms with E-state index in [9.17, 15) is 0 Å². The van der Waals surface area contributed by atoms with Gasteiger partial charge >= 0.3 is 0 Å². The van der Waals surface area contributed by atoms with Crippen LogP contribution in [0.25, 0.3) is 0 Å². The summed E-state index contributed by atoms with van der Waals surface area (Å²) < 4.78 is 5.67. The molecule has 0 spiro atoms. The first-order valence-corrected chi connectivity index (χ1v) is 4.97. The Hall–Kier alpha value is -1.16. The van der Waals surface area contributed by atoms with E-state index >= 15 is 0 Å². The smallest absolute Gasteiger partial charge is 0.233 e. The minimum absolute atomic E-state index is 0.117. The number of rotatable bonds is 2.